The van der Waals surface area contributed by atoms with Gasteiger partial charge in [0.2, 0.25) is 6.41 Å². The molecular formula is C25H21FN8O2S. The fraction of sp³-hybridized carbons (Fsp3) is 0.200. The van der Waals surface area contributed by atoms with Crippen molar-refractivity contribution in [3.05, 3.63) is 71.9 Å². The Balaban J connectivity index is 1.36. The summed E-state index contributed by atoms with van der Waals surface area (Å²) >= 11 is 1.27. The van der Waals surface area contributed by atoms with Crippen LogP contribution in [0.25, 0.3) is 28.3 Å². The maximum absolute atomic E-state index is 13.7. The molecule has 5 heterocycles. The van der Waals surface area contributed by atoms with E-state index in [1.54, 1.807) is 40.6 Å². The summed E-state index contributed by atoms with van der Waals surface area (Å²) in [5, 5.41) is 9.09. The van der Waals surface area contributed by atoms with Crippen LogP contribution in [0.4, 0.5) is 10.2 Å². The molecule has 1 aliphatic heterocycles. The number of likely N-dealkylation sites (tertiary alicyclic amines) is 1. The summed E-state index contributed by atoms with van der Waals surface area (Å²) in [4.78, 5) is 34.5. The van der Waals surface area contributed by atoms with E-state index in [0.717, 1.165) is 24.1 Å². The minimum atomic E-state index is -0.324. The van der Waals surface area contributed by atoms with Crippen molar-refractivity contribution in [1.29, 1.82) is 0 Å². The maximum Gasteiger partial charge on any atom is 0.273 e. The van der Waals surface area contributed by atoms with Gasteiger partial charge in [0.05, 0.1) is 23.9 Å². The number of rotatable bonds is 6. The van der Waals surface area contributed by atoms with Crippen molar-refractivity contribution in [2.75, 3.05) is 18.4 Å². The lowest BCUT2D eigenvalue weighted by atomic mass is 10.0. The number of amides is 2. The SMILES string of the molecule is O=CNc1cn2nc(-c3c(-c4ccc(F)cc4)ncn3C3CCN(C(=O)c4ccsn4)CC3)ccc2n1. The highest BCUT2D eigenvalue weighted by atomic mass is 32.1. The number of halogens is 1. The van der Waals surface area contributed by atoms with Crippen LogP contribution in [0, 0.1) is 5.82 Å². The van der Waals surface area contributed by atoms with Crippen molar-refractivity contribution in [1.82, 2.24) is 33.4 Å². The van der Waals surface area contributed by atoms with Gasteiger partial charge in [-0.1, -0.05) is 0 Å². The van der Waals surface area contributed by atoms with Crippen LogP contribution in [0.3, 0.4) is 0 Å². The minimum absolute atomic E-state index is 0.0514. The third-order valence-corrected chi connectivity index (χ3v) is 7.04. The molecule has 12 heteroatoms. The third-order valence-electron chi connectivity index (χ3n) is 6.48. The Morgan fingerprint density at radius 1 is 1.11 bits per heavy atom. The Hall–Kier alpha value is -4.45. The van der Waals surface area contributed by atoms with Gasteiger partial charge in [-0.05, 0) is 66.8 Å². The summed E-state index contributed by atoms with van der Waals surface area (Å²) in [5.41, 5.74) is 3.95. The summed E-state index contributed by atoms with van der Waals surface area (Å²) in [7, 11) is 0. The largest absolute Gasteiger partial charge is 0.337 e. The second-order valence-electron chi connectivity index (χ2n) is 8.67. The molecule has 37 heavy (non-hydrogen) atoms. The number of fused-ring (bicyclic) bond motifs is 1. The first kappa shape index (κ1) is 23.0. The number of nitrogens with zero attached hydrogens (tertiary/aromatic N) is 7. The zero-order chi connectivity index (χ0) is 25.4. The molecule has 1 fully saturated rings. The second-order valence-corrected chi connectivity index (χ2v) is 9.34. The summed E-state index contributed by atoms with van der Waals surface area (Å²) in [5.74, 6) is 0.0173. The number of nitrogens with one attached hydrogen (secondary N) is 1. The molecule has 186 valence electrons. The maximum atomic E-state index is 13.7. The minimum Gasteiger partial charge on any atom is -0.337 e. The molecule has 0 saturated carbocycles. The molecule has 5 aromatic rings. The molecule has 1 N–H and O–H groups in total. The molecule has 0 aliphatic carbocycles. The van der Waals surface area contributed by atoms with Crippen LogP contribution >= 0.6 is 11.5 Å². The first-order chi connectivity index (χ1) is 18.1. The highest BCUT2D eigenvalue weighted by Crippen LogP contribution is 2.35. The highest BCUT2D eigenvalue weighted by molar-refractivity contribution is 7.03. The van der Waals surface area contributed by atoms with E-state index in [0.29, 0.717) is 48.0 Å². The summed E-state index contributed by atoms with van der Waals surface area (Å²) in [6.07, 6.45) is 5.46. The molecule has 6 rings (SSSR count). The molecular weight excluding hydrogens is 495 g/mol. The van der Waals surface area contributed by atoms with Gasteiger partial charge in [0.25, 0.3) is 5.91 Å². The Kier molecular flexibility index (Phi) is 5.93. The number of benzene rings is 1. The first-order valence-corrected chi connectivity index (χ1v) is 12.5. The van der Waals surface area contributed by atoms with Crippen LogP contribution < -0.4 is 5.32 Å². The molecule has 1 aliphatic rings. The monoisotopic (exact) mass is 516 g/mol. The molecule has 4 aromatic heterocycles. The van der Waals surface area contributed by atoms with Crippen LogP contribution in [0.5, 0.6) is 0 Å². The van der Waals surface area contributed by atoms with Gasteiger partial charge in [-0.2, -0.15) is 9.47 Å². The van der Waals surface area contributed by atoms with E-state index < -0.39 is 0 Å². The summed E-state index contributed by atoms with van der Waals surface area (Å²) in [6.45, 7) is 1.19. The topological polar surface area (TPSA) is 110 Å². The Morgan fingerprint density at radius 2 is 1.92 bits per heavy atom. The molecule has 0 radical (unpaired) electrons. The van der Waals surface area contributed by atoms with Gasteiger partial charge in [0.15, 0.2) is 11.5 Å². The van der Waals surface area contributed by atoms with E-state index in [4.69, 9.17) is 10.1 Å². The van der Waals surface area contributed by atoms with Crippen molar-refractivity contribution in [3.8, 4) is 22.6 Å². The van der Waals surface area contributed by atoms with Gasteiger partial charge in [0, 0.05) is 30.1 Å². The molecule has 2 amide bonds. The Bertz CT molecular complexity index is 1570. The Morgan fingerprint density at radius 3 is 2.65 bits per heavy atom. The number of imidazole rings is 2. The highest BCUT2D eigenvalue weighted by Gasteiger charge is 2.28. The lowest BCUT2D eigenvalue weighted by Gasteiger charge is -2.33. The zero-order valence-corrected chi connectivity index (χ0v) is 20.3. The molecule has 1 aromatic carbocycles. The molecule has 0 bridgehead atoms. The van der Waals surface area contributed by atoms with Crippen LogP contribution in [-0.4, -0.2) is 58.8 Å². The smallest absolute Gasteiger partial charge is 0.273 e. The van der Waals surface area contributed by atoms with Gasteiger partial charge in [0.1, 0.15) is 17.2 Å². The number of carbonyl (C=O) groups is 2. The van der Waals surface area contributed by atoms with Crippen LogP contribution in [0.1, 0.15) is 29.4 Å². The lowest BCUT2D eigenvalue weighted by molar-refractivity contribution is -0.105. The third kappa shape index (κ3) is 4.35. The van der Waals surface area contributed by atoms with Crippen molar-refractivity contribution in [3.63, 3.8) is 0 Å². The predicted molar refractivity (Wildman–Crippen MR) is 136 cm³/mol. The average Bonchev–Trinajstić information content (AvgIpc) is 3.68. The van der Waals surface area contributed by atoms with Gasteiger partial charge < -0.3 is 14.8 Å². The van der Waals surface area contributed by atoms with Gasteiger partial charge >= 0.3 is 0 Å². The molecule has 0 unspecified atom stereocenters. The van der Waals surface area contributed by atoms with E-state index in [1.165, 1.54) is 23.7 Å². The number of carbonyl (C=O) groups excluding carboxylic acids is 2. The molecule has 0 spiro atoms. The number of hydrogen-bond donors (Lipinski definition) is 1. The van der Waals surface area contributed by atoms with Gasteiger partial charge in [-0.3, -0.25) is 9.59 Å². The lowest BCUT2D eigenvalue weighted by Crippen LogP contribution is -2.39. The van der Waals surface area contributed by atoms with Crippen LogP contribution in [-0.2, 0) is 4.79 Å². The molecule has 1 saturated heterocycles. The van der Waals surface area contributed by atoms with E-state index >= 15 is 0 Å². The van der Waals surface area contributed by atoms with E-state index in [-0.39, 0.29) is 17.8 Å². The van der Waals surface area contributed by atoms with Gasteiger partial charge in [-0.15, -0.1) is 0 Å². The standard InChI is InChI=1S/C25H21FN8O2S/c26-17-3-1-16(2-4-17)23-24(19-5-6-22-29-21(28-15-35)13-34(22)30-19)33(14-27-23)18-7-10-32(11-8-18)25(36)20-9-12-37-31-20/h1-6,9,12-15,18H,7-8,10-11H2,(H,28,35). The van der Waals surface area contributed by atoms with Crippen molar-refractivity contribution in [2.24, 2.45) is 0 Å². The van der Waals surface area contributed by atoms with Crippen molar-refractivity contribution in [2.45, 2.75) is 18.9 Å². The second kappa shape index (κ2) is 9.54. The van der Waals surface area contributed by atoms with E-state index in [2.05, 4.69) is 19.2 Å². The van der Waals surface area contributed by atoms with E-state index in [9.17, 15) is 14.0 Å². The van der Waals surface area contributed by atoms with Crippen LogP contribution in [0.15, 0.2) is 60.4 Å². The van der Waals surface area contributed by atoms with Crippen molar-refractivity contribution < 1.29 is 14.0 Å². The molecule has 0 atom stereocenters. The van der Waals surface area contributed by atoms with Crippen molar-refractivity contribution >= 4 is 35.3 Å². The quantitative estimate of drug-likeness (QED) is 0.343. The fourth-order valence-corrected chi connectivity index (χ4v) is 5.18. The number of aromatic nitrogens is 6. The zero-order valence-electron chi connectivity index (χ0n) is 19.5. The van der Waals surface area contributed by atoms with Gasteiger partial charge in [-0.25, -0.2) is 18.9 Å². The average molecular weight is 517 g/mol. The normalized spacial score (nSPS) is 14.2. The van der Waals surface area contributed by atoms with Crippen LogP contribution in [0.2, 0.25) is 0 Å². The van der Waals surface area contributed by atoms with E-state index in [1.807, 2.05) is 17.0 Å². The first-order valence-electron chi connectivity index (χ1n) is 11.7. The fourth-order valence-electron chi connectivity index (χ4n) is 4.68. The Labute approximate surface area is 214 Å². The number of hydrogen-bond acceptors (Lipinski definition) is 7. The molecule has 10 nitrogen and oxygen atoms in total. The number of anilines is 1. The number of piperidine rings is 1. The predicted octanol–water partition coefficient (Wildman–Crippen LogP) is 3.90. The summed E-state index contributed by atoms with van der Waals surface area (Å²) in [6, 6.07) is 11.7. The summed E-state index contributed by atoms with van der Waals surface area (Å²) < 4.78 is 21.5.